The summed E-state index contributed by atoms with van der Waals surface area (Å²) in [6, 6.07) is 15.6. The van der Waals surface area contributed by atoms with Gasteiger partial charge in [-0.05, 0) is 12.1 Å². The van der Waals surface area contributed by atoms with E-state index in [-0.39, 0.29) is 19.5 Å². The molecule has 0 atom stereocenters. The average molecular weight is 672 g/mol. The molecule has 6 aliphatic heterocycles. The Kier molecular flexibility index (Phi) is 10.7. The van der Waals surface area contributed by atoms with Crippen LogP contribution in [0, 0.1) is 0 Å². The van der Waals surface area contributed by atoms with Gasteiger partial charge < -0.3 is 31.9 Å². The largest absolute Gasteiger partial charge is 8.00 e. The minimum absolute atomic E-state index is 0. The first kappa shape index (κ1) is 30.8. The molecule has 0 saturated heterocycles. The number of hydrogen-bond donors (Lipinski definition) is 0. The van der Waals surface area contributed by atoms with Crippen molar-refractivity contribution in [3.05, 3.63) is 212 Å². The molecule has 2 aromatic rings. The summed E-state index contributed by atoms with van der Waals surface area (Å²) in [5.41, 5.74) is 8.62. The Bertz CT molecular complexity index is 1610. The van der Waals surface area contributed by atoms with Crippen LogP contribution in [0.2, 0.25) is 0 Å². The fourth-order valence-electron chi connectivity index (χ4n) is 4.22. The molecular formula is C36H26N8Ru+2. The van der Waals surface area contributed by atoms with E-state index in [1.165, 1.54) is 0 Å². The molecule has 6 aliphatic rings. The maximum Gasteiger partial charge on any atom is 8.00 e. The van der Waals surface area contributed by atoms with Crippen LogP contribution in [0.4, 0.5) is 22.7 Å². The number of nitrogens with zero attached hydrogens (tertiary/aromatic N) is 8. The van der Waals surface area contributed by atoms with E-state index in [1.54, 1.807) is 37.2 Å². The van der Waals surface area contributed by atoms with Gasteiger partial charge in [0.1, 0.15) is 0 Å². The van der Waals surface area contributed by atoms with Gasteiger partial charge in [-0.3, -0.25) is 9.98 Å². The summed E-state index contributed by atoms with van der Waals surface area (Å²) < 4.78 is 0. The molecule has 9 heteroatoms. The molecule has 2 aromatic carbocycles. The van der Waals surface area contributed by atoms with Gasteiger partial charge in [-0.1, -0.05) is 109 Å². The second kappa shape index (κ2) is 15.7. The van der Waals surface area contributed by atoms with Crippen LogP contribution in [0.1, 0.15) is 0 Å². The van der Waals surface area contributed by atoms with E-state index >= 15 is 0 Å². The normalized spacial score (nSPS) is 21.9. The van der Waals surface area contributed by atoms with Crippen molar-refractivity contribution in [2.24, 2.45) is 9.98 Å². The molecule has 8 rings (SSSR count). The standard InChI is InChI=1S/C16H10N4.2C10H8N2.Ru/c1-3-7-13-11(5-1)17-9-15(19-13)16-10-18-12-6-2-4-8-14(12)20-16;2*1-3-7-11-9(5-1)10-6-2-4-8-12-10;/h1-10H;2*1-8H;/q3*-2;+8. The predicted octanol–water partition coefficient (Wildman–Crippen LogP) is 11.3. The molecule has 6 heterocycles. The minimum atomic E-state index is 0. The summed E-state index contributed by atoms with van der Waals surface area (Å²) >= 11 is 0. The summed E-state index contributed by atoms with van der Waals surface area (Å²) in [4.78, 5) is 8.81. The van der Waals surface area contributed by atoms with Crippen LogP contribution < -0.4 is 0 Å². The molecule has 0 spiro atoms. The Morgan fingerprint density at radius 3 is 1.02 bits per heavy atom. The molecule has 0 amide bonds. The SMILES string of the molecule is C1=C[N-]C(=C2C=CC=C[N-]2)C=C1.C1=C[N-]C(=C2C=CC=C[N-]2)C=C1.C1=Nc2ccccc2[N-]C1=C1C=Nc2ccccc2[N-]1.[Ru+8]. The first-order valence-corrected chi connectivity index (χ1v) is 13.9. The second-order valence-electron chi connectivity index (χ2n) is 9.35. The van der Waals surface area contributed by atoms with Gasteiger partial charge in [0.2, 0.25) is 0 Å². The van der Waals surface area contributed by atoms with Crippen molar-refractivity contribution in [1.29, 1.82) is 0 Å². The number of para-hydroxylation sites is 4. The van der Waals surface area contributed by atoms with E-state index in [0.717, 1.165) is 56.9 Å². The third-order valence-electron chi connectivity index (χ3n) is 6.34. The smallest absolute Gasteiger partial charge is 0.665 e. The molecule has 0 radical (unpaired) electrons. The van der Waals surface area contributed by atoms with E-state index < -0.39 is 0 Å². The van der Waals surface area contributed by atoms with E-state index in [0.29, 0.717) is 0 Å². The predicted molar refractivity (Wildman–Crippen MR) is 183 cm³/mol. The molecule has 0 aromatic heterocycles. The second-order valence-corrected chi connectivity index (χ2v) is 9.35. The summed E-state index contributed by atoms with van der Waals surface area (Å²) in [6.45, 7) is 0. The molecular weight excluding hydrogens is 646 g/mol. The molecule has 0 fully saturated rings. The Hall–Kier alpha value is -5.66. The van der Waals surface area contributed by atoms with Gasteiger partial charge in [0, 0.05) is 23.8 Å². The number of fused-ring (bicyclic) bond motifs is 2. The van der Waals surface area contributed by atoms with Gasteiger partial charge in [0.05, 0.1) is 0 Å². The van der Waals surface area contributed by atoms with E-state index in [2.05, 4.69) is 41.9 Å². The summed E-state index contributed by atoms with van der Waals surface area (Å²) in [5, 5.41) is 25.9. The first-order chi connectivity index (χ1) is 21.8. The van der Waals surface area contributed by atoms with E-state index in [1.807, 2.05) is 121 Å². The molecule has 8 nitrogen and oxygen atoms in total. The number of hydrogen-bond acceptors (Lipinski definition) is 2. The van der Waals surface area contributed by atoms with Crippen LogP contribution in [0.3, 0.4) is 0 Å². The molecule has 45 heavy (non-hydrogen) atoms. The van der Waals surface area contributed by atoms with E-state index in [4.69, 9.17) is 0 Å². The molecule has 0 aliphatic carbocycles. The van der Waals surface area contributed by atoms with Gasteiger partial charge in [0.25, 0.3) is 0 Å². The van der Waals surface area contributed by atoms with Gasteiger partial charge in [-0.25, -0.2) is 0 Å². The van der Waals surface area contributed by atoms with Crippen molar-refractivity contribution >= 4 is 35.2 Å². The topological polar surface area (TPSA) is 109 Å². The zero-order valence-electron chi connectivity index (χ0n) is 23.9. The Morgan fingerprint density at radius 2 is 0.711 bits per heavy atom. The van der Waals surface area contributed by atoms with E-state index in [9.17, 15) is 0 Å². The number of benzene rings is 2. The van der Waals surface area contributed by atoms with Crippen LogP contribution in [0.25, 0.3) is 31.9 Å². The van der Waals surface area contributed by atoms with Crippen molar-refractivity contribution < 1.29 is 19.5 Å². The monoisotopic (exact) mass is 672 g/mol. The van der Waals surface area contributed by atoms with Gasteiger partial charge in [-0.2, -0.15) is 47.6 Å². The first-order valence-electron chi connectivity index (χ1n) is 13.9. The quantitative estimate of drug-likeness (QED) is 0.248. The van der Waals surface area contributed by atoms with Crippen LogP contribution in [0.15, 0.2) is 190 Å². The fourth-order valence-corrected chi connectivity index (χ4v) is 4.22. The molecule has 0 saturated carbocycles. The Labute approximate surface area is 276 Å². The van der Waals surface area contributed by atoms with Crippen molar-refractivity contribution in [2.45, 2.75) is 0 Å². The van der Waals surface area contributed by atoms with Crippen molar-refractivity contribution in [2.75, 3.05) is 0 Å². The zero-order valence-corrected chi connectivity index (χ0v) is 25.7. The summed E-state index contributed by atoms with van der Waals surface area (Å²) in [7, 11) is 0. The van der Waals surface area contributed by atoms with Crippen LogP contribution >= 0.6 is 0 Å². The molecule has 0 bridgehead atoms. The minimum Gasteiger partial charge on any atom is -0.665 e. The van der Waals surface area contributed by atoms with Crippen LogP contribution in [0.5, 0.6) is 0 Å². The molecule has 0 unspecified atom stereocenters. The van der Waals surface area contributed by atoms with Crippen molar-refractivity contribution in [3.8, 4) is 0 Å². The van der Waals surface area contributed by atoms with Crippen molar-refractivity contribution in [1.82, 2.24) is 0 Å². The number of aliphatic imine (C=N–C) groups is 2. The average Bonchev–Trinajstić information content (AvgIpc) is 3.13. The third kappa shape index (κ3) is 8.25. The maximum absolute atomic E-state index is 4.59. The molecule has 216 valence electrons. The Balaban J connectivity index is 0.000000139. The van der Waals surface area contributed by atoms with Gasteiger partial charge >= 0.3 is 19.5 Å². The van der Waals surface area contributed by atoms with Crippen LogP contribution in [-0.4, -0.2) is 12.4 Å². The number of allylic oxidation sites excluding steroid dienone is 14. The Morgan fingerprint density at radius 1 is 0.378 bits per heavy atom. The zero-order chi connectivity index (χ0) is 29.8. The van der Waals surface area contributed by atoms with Gasteiger partial charge in [0.15, 0.2) is 0 Å². The number of rotatable bonds is 0. The van der Waals surface area contributed by atoms with Gasteiger partial charge in [-0.15, -0.1) is 22.8 Å². The van der Waals surface area contributed by atoms with Crippen molar-refractivity contribution in [3.63, 3.8) is 0 Å². The maximum atomic E-state index is 4.59. The fraction of sp³-hybridized carbons (Fsp3) is 0. The summed E-state index contributed by atoms with van der Waals surface area (Å²) in [6.07, 6.45) is 33.7. The van der Waals surface area contributed by atoms with Crippen LogP contribution in [-0.2, 0) is 19.5 Å². The molecule has 0 N–H and O–H groups in total. The summed E-state index contributed by atoms with van der Waals surface area (Å²) in [5.74, 6) is 0. The third-order valence-corrected chi connectivity index (χ3v) is 6.34.